The lowest BCUT2D eigenvalue weighted by Crippen LogP contribution is -2.23. The minimum Gasteiger partial charge on any atom is -0.462 e. The van der Waals surface area contributed by atoms with E-state index < -0.39 is 0 Å². The molecule has 0 amide bonds. The number of nitrogens with zero attached hydrogens (tertiary/aromatic N) is 4. The summed E-state index contributed by atoms with van der Waals surface area (Å²) in [4.78, 5) is 25.2. The van der Waals surface area contributed by atoms with Crippen molar-refractivity contribution < 1.29 is 4.74 Å². The van der Waals surface area contributed by atoms with Crippen molar-refractivity contribution in [2.45, 2.75) is 13.5 Å². The van der Waals surface area contributed by atoms with Gasteiger partial charge in [0, 0.05) is 12.4 Å². The summed E-state index contributed by atoms with van der Waals surface area (Å²) < 4.78 is 7.02. The van der Waals surface area contributed by atoms with Crippen LogP contribution in [0.15, 0.2) is 72.0 Å². The van der Waals surface area contributed by atoms with Crippen LogP contribution in [0, 0.1) is 6.92 Å². The van der Waals surface area contributed by atoms with Gasteiger partial charge in [-0.25, -0.2) is 15.0 Å². The molecule has 0 radical (unpaired) electrons. The highest BCUT2D eigenvalue weighted by Crippen LogP contribution is 2.22. The summed E-state index contributed by atoms with van der Waals surface area (Å²) in [6.45, 7) is 2.71. The maximum atomic E-state index is 12.8. The Labute approximate surface area is 156 Å². The minimum atomic E-state index is -0.0912. The van der Waals surface area contributed by atoms with Gasteiger partial charge in [-0.2, -0.15) is 0 Å². The van der Waals surface area contributed by atoms with Gasteiger partial charge >= 0.3 is 6.01 Å². The molecule has 2 heterocycles. The molecule has 0 N–H and O–H groups in total. The van der Waals surface area contributed by atoms with Crippen molar-refractivity contribution in [3.05, 3.63) is 83.2 Å². The van der Waals surface area contributed by atoms with Crippen LogP contribution in [-0.2, 0) is 6.54 Å². The average molecular weight is 358 g/mol. The molecule has 4 aromatic rings. The number of ether oxygens (including phenoxy) is 1. The zero-order chi connectivity index (χ0) is 18.6. The molecule has 0 aliphatic rings. The van der Waals surface area contributed by atoms with Crippen molar-refractivity contribution in [3.8, 4) is 17.1 Å². The third-order valence-corrected chi connectivity index (χ3v) is 4.31. The maximum Gasteiger partial charge on any atom is 0.316 e. The second kappa shape index (κ2) is 7.37. The number of hydrogen-bond donors (Lipinski definition) is 0. The van der Waals surface area contributed by atoms with Gasteiger partial charge < -0.3 is 4.74 Å². The zero-order valence-electron chi connectivity index (χ0n) is 14.9. The van der Waals surface area contributed by atoms with Crippen molar-refractivity contribution in [1.82, 2.24) is 19.5 Å². The highest BCUT2D eigenvalue weighted by Gasteiger charge is 2.07. The van der Waals surface area contributed by atoms with Crippen LogP contribution in [0.1, 0.15) is 5.56 Å². The number of hydrogen-bond acceptors (Lipinski definition) is 5. The Morgan fingerprint density at radius 1 is 0.963 bits per heavy atom. The van der Waals surface area contributed by atoms with Gasteiger partial charge in [0.05, 0.1) is 23.8 Å². The fraction of sp³-hybridized carbons (Fsp3) is 0.143. The van der Waals surface area contributed by atoms with Gasteiger partial charge in [0.1, 0.15) is 6.61 Å². The molecule has 0 spiro atoms. The molecule has 4 rings (SSSR count). The van der Waals surface area contributed by atoms with Crippen molar-refractivity contribution in [3.63, 3.8) is 0 Å². The number of benzene rings is 2. The van der Waals surface area contributed by atoms with Crippen molar-refractivity contribution in [2.75, 3.05) is 6.61 Å². The third-order valence-electron chi connectivity index (χ3n) is 4.31. The van der Waals surface area contributed by atoms with Crippen LogP contribution in [0.25, 0.3) is 22.0 Å². The molecule has 0 aliphatic carbocycles. The van der Waals surface area contributed by atoms with Crippen LogP contribution < -0.4 is 10.3 Å². The van der Waals surface area contributed by atoms with Gasteiger partial charge in [-0.15, -0.1) is 0 Å². The van der Waals surface area contributed by atoms with E-state index in [1.165, 1.54) is 5.56 Å². The second-order valence-electron chi connectivity index (χ2n) is 6.22. The van der Waals surface area contributed by atoms with E-state index in [0.29, 0.717) is 23.5 Å². The molecule has 2 aromatic carbocycles. The van der Waals surface area contributed by atoms with Crippen LogP contribution in [0.3, 0.4) is 0 Å². The van der Waals surface area contributed by atoms with Gasteiger partial charge in [0.25, 0.3) is 5.56 Å². The van der Waals surface area contributed by atoms with Gasteiger partial charge in [0.15, 0.2) is 0 Å². The normalized spacial score (nSPS) is 10.9. The van der Waals surface area contributed by atoms with E-state index >= 15 is 0 Å². The van der Waals surface area contributed by atoms with E-state index in [9.17, 15) is 4.79 Å². The first-order valence-corrected chi connectivity index (χ1v) is 8.67. The molecule has 0 saturated heterocycles. The highest BCUT2D eigenvalue weighted by atomic mass is 16.5. The van der Waals surface area contributed by atoms with Crippen LogP contribution in [-0.4, -0.2) is 26.1 Å². The molecule has 0 bridgehead atoms. The Bertz CT molecular complexity index is 1120. The van der Waals surface area contributed by atoms with Crippen molar-refractivity contribution in [2.24, 2.45) is 0 Å². The van der Waals surface area contributed by atoms with Crippen molar-refractivity contribution >= 4 is 10.9 Å². The van der Waals surface area contributed by atoms with Gasteiger partial charge in [-0.05, 0) is 36.2 Å². The van der Waals surface area contributed by atoms with Gasteiger partial charge in [-0.3, -0.25) is 9.36 Å². The molecule has 0 unspecified atom stereocenters. The number of rotatable bonds is 5. The van der Waals surface area contributed by atoms with Crippen LogP contribution in [0.4, 0.5) is 0 Å². The lowest BCUT2D eigenvalue weighted by Gasteiger charge is -2.09. The third kappa shape index (κ3) is 3.69. The Morgan fingerprint density at radius 3 is 2.48 bits per heavy atom. The van der Waals surface area contributed by atoms with E-state index in [1.807, 2.05) is 18.2 Å². The summed E-state index contributed by atoms with van der Waals surface area (Å²) in [5.74, 6) is 0. The summed E-state index contributed by atoms with van der Waals surface area (Å²) in [6.07, 6.45) is 4.77. The van der Waals surface area contributed by atoms with E-state index in [1.54, 1.807) is 29.4 Å². The predicted molar refractivity (Wildman–Crippen MR) is 104 cm³/mol. The molecule has 27 heavy (non-hydrogen) atoms. The summed E-state index contributed by atoms with van der Waals surface area (Å²) in [7, 11) is 0. The lowest BCUT2D eigenvalue weighted by molar-refractivity contribution is 0.273. The number of aromatic nitrogens is 4. The number of aryl methyl sites for hydroxylation is 1. The topological polar surface area (TPSA) is 69.9 Å². The monoisotopic (exact) mass is 358 g/mol. The largest absolute Gasteiger partial charge is 0.462 e. The van der Waals surface area contributed by atoms with E-state index in [4.69, 9.17) is 4.74 Å². The fourth-order valence-electron chi connectivity index (χ4n) is 2.84. The summed E-state index contributed by atoms with van der Waals surface area (Å²) in [5.41, 5.74) is 3.85. The van der Waals surface area contributed by atoms with Crippen LogP contribution in [0.2, 0.25) is 0 Å². The van der Waals surface area contributed by atoms with Gasteiger partial charge in [0.2, 0.25) is 0 Å². The predicted octanol–water partition coefficient (Wildman–Crippen LogP) is 3.24. The Morgan fingerprint density at radius 2 is 1.70 bits per heavy atom. The lowest BCUT2D eigenvalue weighted by atomic mass is 10.0. The fourth-order valence-corrected chi connectivity index (χ4v) is 2.84. The molecular weight excluding hydrogens is 340 g/mol. The molecule has 0 aliphatic heterocycles. The van der Waals surface area contributed by atoms with E-state index in [0.717, 1.165) is 11.1 Å². The quantitative estimate of drug-likeness (QED) is 0.548. The minimum absolute atomic E-state index is 0.0912. The Balaban J connectivity index is 1.60. The average Bonchev–Trinajstić information content (AvgIpc) is 2.71. The Kier molecular flexibility index (Phi) is 4.61. The van der Waals surface area contributed by atoms with Crippen molar-refractivity contribution in [1.29, 1.82) is 0 Å². The molecule has 0 fully saturated rings. The first kappa shape index (κ1) is 16.9. The summed E-state index contributed by atoms with van der Waals surface area (Å²) in [5, 5.41) is 0.589. The maximum absolute atomic E-state index is 12.8. The van der Waals surface area contributed by atoms with Gasteiger partial charge in [-0.1, -0.05) is 35.9 Å². The molecule has 6 nitrogen and oxygen atoms in total. The highest BCUT2D eigenvalue weighted by molar-refractivity contribution is 5.83. The molecule has 134 valence electrons. The molecular formula is C21H18N4O2. The zero-order valence-corrected chi connectivity index (χ0v) is 14.9. The van der Waals surface area contributed by atoms with E-state index in [-0.39, 0.29) is 12.2 Å². The second-order valence-corrected chi connectivity index (χ2v) is 6.22. The molecule has 6 heteroatoms. The molecule has 0 atom stereocenters. The standard InChI is InChI=1S/C21H18N4O2/c1-15-3-5-16(6-4-15)17-7-8-19-18(13-17)20(26)25(14-24-19)11-12-27-21-22-9-2-10-23-21/h2-10,13-14H,11-12H2,1H3. The van der Waals surface area contributed by atoms with Crippen LogP contribution in [0.5, 0.6) is 6.01 Å². The first-order valence-electron chi connectivity index (χ1n) is 8.67. The number of fused-ring (bicyclic) bond motifs is 1. The van der Waals surface area contributed by atoms with Crippen LogP contribution >= 0.6 is 0 Å². The molecule has 0 saturated carbocycles. The summed E-state index contributed by atoms with van der Waals surface area (Å²) in [6, 6.07) is 16.0. The Hall–Kier alpha value is -3.54. The SMILES string of the molecule is Cc1ccc(-c2ccc3ncn(CCOc4ncccn4)c(=O)c3c2)cc1. The van der Waals surface area contributed by atoms with E-state index in [2.05, 4.69) is 46.1 Å². The smallest absolute Gasteiger partial charge is 0.316 e. The summed E-state index contributed by atoms with van der Waals surface area (Å²) >= 11 is 0. The molecule has 2 aromatic heterocycles. The first-order chi connectivity index (χ1) is 13.2.